The van der Waals surface area contributed by atoms with Crippen LogP contribution in [-0.4, -0.2) is 17.4 Å². The molecule has 1 fully saturated rings. The Labute approximate surface area is 117 Å². The molecule has 94 valence electrons. The number of benzene rings is 1. The van der Waals surface area contributed by atoms with Gasteiger partial charge in [0, 0.05) is 6.04 Å². The van der Waals surface area contributed by atoms with Crippen molar-refractivity contribution in [2.45, 2.75) is 18.9 Å². The second-order valence-electron chi connectivity index (χ2n) is 4.06. The third-order valence-corrected chi connectivity index (χ3v) is 2.79. The predicted molar refractivity (Wildman–Crippen MR) is 80.7 cm³/mol. The van der Waals surface area contributed by atoms with E-state index >= 15 is 0 Å². The maximum Gasteiger partial charge on any atom is 0.187 e. The zero-order chi connectivity index (χ0) is 12.8. The lowest BCUT2D eigenvalue weighted by molar-refractivity contribution is 0.863. The lowest BCUT2D eigenvalue weighted by Gasteiger charge is -2.03. The monoisotopic (exact) mass is 279 g/mol. The smallest absolute Gasteiger partial charge is 0.187 e. The van der Waals surface area contributed by atoms with E-state index in [4.69, 9.17) is 23.8 Å². The van der Waals surface area contributed by atoms with E-state index in [-0.39, 0.29) is 0 Å². The Kier molecular flexibility index (Phi) is 4.73. The van der Waals surface area contributed by atoms with E-state index < -0.39 is 0 Å². The van der Waals surface area contributed by atoms with Gasteiger partial charge in [0.1, 0.15) is 0 Å². The Morgan fingerprint density at radius 2 is 2.06 bits per heavy atom. The first kappa shape index (κ1) is 13.1. The van der Waals surface area contributed by atoms with Crippen molar-refractivity contribution in [2.24, 2.45) is 5.10 Å². The van der Waals surface area contributed by atoms with E-state index in [9.17, 15) is 0 Å². The molecule has 0 amide bonds. The Bertz CT molecular complexity index is 466. The van der Waals surface area contributed by atoms with Crippen LogP contribution < -0.4 is 10.7 Å². The molecule has 1 aromatic carbocycles. The zero-order valence-electron chi connectivity index (χ0n) is 9.77. The first-order chi connectivity index (χ1) is 8.74. The summed E-state index contributed by atoms with van der Waals surface area (Å²) in [6.07, 6.45) is 5.74. The van der Waals surface area contributed by atoms with Crippen LogP contribution in [0, 0.1) is 0 Å². The second kappa shape index (κ2) is 6.52. The lowest BCUT2D eigenvalue weighted by atomic mass is 10.2. The van der Waals surface area contributed by atoms with Crippen molar-refractivity contribution >= 4 is 41.2 Å². The molecule has 1 aromatic rings. The highest BCUT2D eigenvalue weighted by molar-refractivity contribution is 7.80. The van der Waals surface area contributed by atoms with E-state index in [0.717, 1.165) is 5.56 Å². The van der Waals surface area contributed by atoms with Crippen molar-refractivity contribution in [2.75, 3.05) is 0 Å². The molecule has 0 unspecified atom stereocenters. The molecule has 1 aliphatic carbocycles. The number of hydrogen-bond acceptors (Lipinski definition) is 2. The second-order valence-corrected chi connectivity index (χ2v) is 4.90. The SMILES string of the molecule is S=C(NN=CC(Cl)=Cc1ccccc1)NC1CC1. The number of halogens is 1. The Morgan fingerprint density at radius 3 is 2.72 bits per heavy atom. The summed E-state index contributed by atoms with van der Waals surface area (Å²) in [4.78, 5) is 0. The van der Waals surface area contributed by atoms with Gasteiger partial charge in [0.25, 0.3) is 0 Å². The summed E-state index contributed by atoms with van der Waals surface area (Å²) >= 11 is 11.1. The van der Waals surface area contributed by atoms with Gasteiger partial charge < -0.3 is 5.32 Å². The van der Waals surface area contributed by atoms with Gasteiger partial charge in [0.2, 0.25) is 0 Å². The van der Waals surface area contributed by atoms with Crippen LogP contribution in [0.2, 0.25) is 0 Å². The molecule has 0 radical (unpaired) electrons. The number of nitrogens with zero attached hydrogens (tertiary/aromatic N) is 1. The average molecular weight is 280 g/mol. The molecule has 0 atom stereocenters. The van der Waals surface area contributed by atoms with Gasteiger partial charge in [-0.3, -0.25) is 5.43 Å². The minimum absolute atomic E-state index is 0.524. The van der Waals surface area contributed by atoms with E-state index in [1.165, 1.54) is 19.1 Å². The summed E-state index contributed by atoms with van der Waals surface area (Å²) in [6, 6.07) is 10.4. The lowest BCUT2D eigenvalue weighted by Crippen LogP contribution is -2.33. The minimum Gasteiger partial charge on any atom is -0.359 e. The largest absolute Gasteiger partial charge is 0.359 e. The molecular weight excluding hydrogens is 266 g/mol. The fraction of sp³-hybridized carbons (Fsp3) is 0.231. The molecule has 1 saturated carbocycles. The average Bonchev–Trinajstić information content (AvgIpc) is 3.14. The number of hydrogen-bond donors (Lipinski definition) is 2. The highest BCUT2D eigenvalue weighted by Crippen LogP contribution is 2.18. The summed E-state index contributed by atoms with van der Waals surface area (Å²) in [5.41, 5.74) is 3.77. The van der Waals surface area contributed by atoms with Gasteiger partial charge in [-0.05, 0) is 36.7 Å². The highest BCUT2D eigenvalue weighted by Gasteiger charge is 2.21. The maximum atomic E-state index is 6.03. The summed E-state index contributed by atoms with van der Waals surface area (Å²) < 4.78 is 0. The normalized spacial score (nSPS) is 15.7. The van der Waals surface area contributed by atoms with Crippen LogP contribution in [0.3, 0.4) is 0 Å². The molecule has 0 bridgehead atoms. The molecule has 5 heteroatoms. The summed E-state index contributed by atoms with van der Waals surface area (Å²) in [5, 5.41) is 8.17. The quantitative estimate of drug-likeness (QED) is 0.505. The molecule has 18 heavy (non-hydrogen) atoms. The summed E-state index contributed by atoms with van der Waals surface area (Å²) in [5.74, 6) is 0. The molecule has 0 spiro atoms. The van der Waals surface area contributed by atoms with Crippen LogP contribution in [0.1, 0.15) is 18.4 Å². The Morgan fingerprint density at radius 1 is 1.33 bits per heavy atom. The van der Waals surface area contributed by atoms with Crippen molar-refractivity contribution in [3.8, 4) is 0 Å². The van der Waals surface area contributed by atoms with Gasteiger partial charge in [0.15, 0.2) is 5.11 Å². The molecule has 1 aliphatic rings. The first-order valence-electron chi connectivity index (χ1n) is 5.76. The van der Waals surface area contributed by atoms with Gasteiger partial charge in [-0.25, -0.2) is 0 Å². The molecule has 0 aromatic heterocycles. The highest BCUT2D eigenvalue weighted by atomic mass is 35.5. The van der Waals surface area contributed by atoms with Crippen molar-refractivity contribution in [3.05, 3.63) is 40.9 Å². The van der Waals surface area contributed by atoms with E-state index in [2.05, 4.69) is 15.8 Å². The molecular formula is C13H14ClN3S. The van der Waals surface area contributed by atoms with Gasteiger partial charge in [-0.15, -0.1) is 0 Å². The number of thiocarbonyl (C=S) groups is 1. The van der Waals surface area contributed by atoms with Crippen LogP contribution >= 0.6 is 23.8 Å². The van der Waals surface area contributed by atoms with E-state index in [1.807, 2.05) is 36.4 Å². The third kappa shape index (κ3) is 4.85. The van der Waals surface area contributed by atoms with E-state index in [1.54, 1.807) is 0 Å². The Balaban J connectivity index is 1.80. The van der Waals surface area contributed by atoms with Gasteiger partial charge in [0.05, 0.1) is 11.2 Å². The zero-order valence-corrected chi connectivity index (χ0v) is 11.3. The molecule has 2 N–H and O–H groups in total. The van der Waals surface area contributed by atoms with Crippen molar-refractivity contribution in [1.29, 1.82) is 0 Å². The maximum absolute atomic E-state index is 6.03. The molecule has 0 aliphatic heterocycles. The molecule has 2 rings (SSSR count). The third-order valence-electron chi connectivity index (χ3n) is 2.37. The standard InChI is InChI=1S/C13H14ClN3S/c14-11(8-10-4-2-1-3-5-10)9-15-17-13(18)16-12-6-7-12/h1-5,8-9,12H,6-7H2,(H2,16,17,18). The van der Waals surface area contributed by atoms with Crippen molar-refractivity contribution in [3.63, 3.8) is 0 Å². The predicted octanol–water partition coefficient (Wildman–Crippen LogP) is 2.88. The van der Waals surface area contributed by atoms with Crippen LogP contribution in [0.4, 0.5) is 0 Å². The number of allylic oxidation sites excluding steroid dienone is 1. The number of rotatable bonds is 4. The van der Waals surface area contributed by atoms with Crippen molar-refractivity contribution in [1.82, 2.24) is 10.7 Å². The van der Waals surface area contributed by atoms with Gasteiger partial charge in [-0.2, -0.15) is 5.10 Å². The van der Waals surface area contributed by atoms with Crippen LogP contribution in [-0.2, 0) is 0 Å². The summed E-state index contributed by atoms with van der Waals surface area (Å²) in [6.45, 7) is 0. The van der Waals surface area contributed by atoms with Gasteiger partial charge >= 0.3 is 0 Å². The Hall–Kier alpha value is -1.39. The molecule has 0 saturated heterocycles. The first-order valence-corrected chi connectivity index (χ1v) is 6.54. The van der Waals surface area contributed by atoms with Crippen LogP contribution in [0.25, 0.3) is 6.08 Å². The number of nitrogens with one attached hydrogen (secondary N) is 2. The fourth-order valence-electron chi connectivity index (χ4n) is 1.34. The topological polar surface area (TPSA) is 36.4 Å². The van der Waals surface area contributed by atoms with Gasteiger partial charge in [-0.1, -0.05) is 41.9 Å². The molecule has 3 nitrogen and oxygen atoms in total. The number of hydrazone groups is 1. The van der Waals surface area contributed by atoms with Crippen molar-refractivity contribution < 1.29 is 0 Å². The van der Waals surface area contributed by atoms with Crippen LogP contribution in [0.15, 0.2) is 40.5 Å². The van der Waals surface area contributed by atoms with Crippen LogP contribution in [0.5, 0.6) is 0 Å². The molecule has 0 heterocycles. The minimum atomic E-state index is 0.524. The summed E-state index contributed by atoms with van der Waals surface area (Å²) in [7, 11) is 0. The fourth-order valence-corrected chi connectivity index (χ4v) is 1.74. The van der Waals surface area contributed by atoms with E-state index in [0.29, 0.717) is 16.2 Å².